The molecule has 0 aliphatic rings. The van der Waals surface area contributed by atoms with Gasteiger partial charge in [0.05, 0.1) is 12.1 Å². The van der Waals surface area contributed by atoms with Crippen LogP contribution in [0.3, 0.4) is 0 Å². The van der Waals surface area contributed by atoms with Crippen LogP contribution < -0.4 is 15.4 Å². The van der Waals surface area contributed by atoms with Gasteiger partial charge in [-0.15, -0.1) is 0 Å². The molecule has 2 rings (SSSR count). The van der Waals surface area contributed by atoms with Crippen LogP contribution in [0.5, 0.6) is 5.75 Å². The van der Waals surface area contributed by atoms with Crippen molar-refractivity contribution in [2.24, 2.45) is 5.41 Å². The van der Waals surface area contributed by atoms with Gasteiger partial charge in [-0.3, -0.25) is 9.59 Å². The summed E-state index contributed by atoms with van der Waals surface area (Å²) in [7, 11) is 1.52. The number of methoxy groups -OCH3 is 1. The van der Waals surface area contributed by atoms with Gasteiger partial charge in [0.2, 0.25) is 11.8 Å². The maximum atomic E-state index is 12.6. The van der Waals surface area contributed by atoms with Crippen molar-refractivity contribution in [2.45, 2.75) is 27.3 Å². The molecule has 0 radical (unpaired) electrons. The minimum Gasteiger partial charge on any atom is -0.495 e. The molecule has 0 atom stereocenters. The molecule has 26 heavy (non-hydrogen) atoms. The quantitative estimate of drug-likeness (QED) is 0.752. The molecular weight excluding hydrogens is 352 g/mol. The summed E-state index contributed by atoms with van der Waals surface area (Å²) in [5.74, 6) is -0.253. The van der Waals surface area contributed by atoms with Gasteiger partial charge in [0, 0.05) is 12.2 Å². The van der Waals surface area contributed by atoms with Crippen LogP contribution in [0.1, 0.15) is 25.0 Å². The molecule has 0 fully saturated rings. The summed E-state index contributed by atoms with van der Waals surface area (Å²) in [4.78, 5) is 25.1. The highest BCUT2D eigenvalue weighted by Gasteiger charge is 2.36. The fraction of sp³-hybridized carbons (Fsp3) is 0.300. The Morgan fingerprint density at radius 2 is 1.85 bits per heavy atom. The van der Waals surface area contributed by atoms with Crippen molar-refractivity contribution < 1.29 is 14.3 Å². The fourth-order valence-corrected chi connectivity index (χ4v) is 2.62. The Kier molecular flexibility index (Phi) is 6.27. The van der Waals surface area contributed by atoms with Crippen LogP contribution in [0.4, 0.5) is 5.69 Å². The average Bonchev–Trinajstić information content (AvgIpc) is 2.59. The second kappa shape index (κ2) is 8.23. The number of benzene rings is 2. The topological polar surface area (TPSA) is 67.4 Å². The molecule has 6 heteroatoms. The third-order valence-electron chi connectivity index (χ3n) is 4.08. The van der Waals surface area contributed by atoms with E-state index in [9.17, 15) is 9.59 Å². The highest BCUT2D eigenvalue weighted by atomic mass is 35.5. The number of hydrogen-bond donors (Lipinski definition) is 2. The predicted molar refractivity (Wildman–Crippen MR) is 103 cm³/mol. The lowest BCUT2D eigenvalue weighted by Gasteiger charge is -2.23. The van der Waals surface area contributed by atoms with E-state index in [0.717, 1.165) is 11.1 Å². The molecule has 0 aliphatic heterocycles. The SMILES string of the molecule is COc1ccc(NC(=O)C(C)(C)C(=O)NCc2cccc(C)c2)cc1Cl. The van der Waals surface area contributed by atoms with Gasteiger partial charge in [-0.1, -0.05) is 41.4 Å². The molecule has 0 aliphatic carbocycles. The van der Waals surface area contributed by atoms with E-state index in [0.29, 0.717) is 23.0 Å². The van der Waals surface area contributed by atoms with Gasteiger partial charge >= 0.3 is 0 Å². The Balaban J connectivity index is 2.01. The van der Waals surface area contributed by atoms with Crippen LogP contribution in [0.2, 0.25) is 5.02 Å². The Bertz CT molecular complexity index is 818. The number of ether oxygens (including phenoxy) is 1. The summed E-state index contributed by atoms with van der Waals surface area (Å²) < 4.78 is 5.08. The maximum Gasteiger partial charge on any atom is 0.239 e. The van der Waals surface area contributed by atoms with E-state index < -0.39 is 11.3 Å². The van der Waals surface area contributed by atoms with Gasteiger partial charge in [-0.05, 0) is 44.5 Å². The molecule has 2 amide bonds. The number of rotatable bonds is 6. The van der Waals surface area contributed by atoms with Crippen LogP contribution >= 0.6 is 11.6 Å². The molecule has 138 valence electrons. The normalized spacial score (nSPS) is 11.0. The van der Waals surface area contributed by atoms with Crippen molar-refractivity contribution in [3.8, 4) is 5.75 Å². The number of aryl methyl sites for hydroxylation is 1. The summed E-state index contributed by atoms with van der Waals surface area (Å²) in [6, 6.07) is 12.8. The van der Waals surface area contributed by atoms with Crippen molar-refractivity contribution >= 4 is 29.1 Å². The van der Waals surface area contributed by atoms with Crippen molar-refractivity contribution in [2.75, 3.05) is 12.4 Å². The lowest BCUT2D eigenvalue weighted by molar-refractivity contribution is -0.138. The zero-order chi connectivity index (χ0) is 19.3. The van der Waals surface area contributed by atoms with Crippen LogP contribution in [-0.4, -0.2) is 18.9 Å². The van der Waals surface area contributed by atoms with E-state index in [-0.39, 0.29) is 5.91 Å². The highest BCUT2D eigenvalue weighted by Crippen LogP contribution is 2.28. The van der Waals surface area contributed by atoms with E-state index in [1.165, 1.54) is 7.11 Å². The van der Waals surface area contributed by atoms with Crippen molar-refractivity contribution in [1.29, 1.82) is 0 Å². The Morgan fingerprint density at radius 1 is 1.12 bits per heavy atom. The minimum atomic E-state index is -1.24. The summed E-state index contributed by atoms with van der Waals surface area (Å²) in [5.41, 5.74) is 1.36. The van der Waals surface area contributed by atoms with E-state index in [1.54, 1.807) is 32.0 Å². The molecule has 0 bridgehead atoms. The smallest absolute Gasteiger partial charge is 0.239 e. The van der Waals surface area contributed by atoms with Crippen molar-refractivity contribution in [3.05, 3.63) is 58.6 Å². The highest BCUT2D eigenvalue weighted by molar-refractivity contribution is 6.32. The van der Waals surface area contributed by atoms with Gasteiger partial charge in [-0.2, -0.15) is 0 Å². The molecule has 0 saturated heterocycles. The first-order valence-corrected chi connectivity index (χ1v) is 8.60. The molecule has 0 heterocycles. The first kappa shape index (κ1) is 19.8. The lowest BCUT2D eigenvalue weighted by atomic mass is 9.90. The first-order valence-electron chi connectivity index (χ1n) is 8.23. The zero-order valence-corrected chi connectivity index (χ0v) is 16.1. The predicted octanol–water partition coefficient (Wildman–Crippen LogP) is 3.94. The average molecular weight is 375 g/mol. The number of amides is 2. The summed E-state index contributed by atoms with van der Waals surface area (Å²) in [6.45, 7) is 5.52. The van der Waals surface area contributed by atoms with Gasteiger partial charge in [0.25, 0.3) is 0 Å². The van der Waals surface area contributed by atoms with Crippen LogP contribution in [0.15, 0.2) is 42.5 Å². The van der Waals surface area contributed by atoms with E-state index in [4.69, 9.17) is 16.3 Å². The number of carbonyl (C=O) groups excluding carboxylic acids is 2. The molecule has 2 aromatic carbocycles. The molecular formula is C20H23ClN2O3. The summed E-state index contributed by atoms with van der Waals surface area (Å²) in [6.07, 6.45) is 0. The fourth-order valence-electron chi connectivity index (χ4n) is 2.36. The Hall–Kier alpha value is -2.53. The summed E-state index contributed by atoms with van der Waals surface area (Å²) >= 11 is 6.06. The monoisotopic (exact) mass is 374 g/mol. The molecule has 5 nitrogen and oxygen atoms in total. The molecule has 0 unspecified atom stereocenters. The number of nitrogens with one attached hydrogen (secondary N) is 2. The van der Waals surface area contributed by atoms with E-state index in [2.05, 4.69) is 10.6 Å². The van der Waals surface area contributed by atoms with Gasteiger partial charge in [-0.25, -0.2) is 0 Å². The largest absolute Gasteiger partial charge is 0.495 e. The van der Waals surface area contributed by atoms with Gasteiger partial charge in [0.1, 0.15) is 11.2 Å². The van der Waals surface area contributed by atoms with E-state index >= 15 is 0 Å². The third-order valence-corrected chi connectivity index (χ3v) is 4.38. The van der Waals surface area contributed by atoms with Crippen LogP contribution in [0.25, 0.3) is 0 Å². The van der Waals surface area contributed by atoms with Crippen LogP contribution in [0, 0.1) is 12.3 Å². The Morgan fingerprint density at radius 3 is 2.46 bits per heavy atom. The molecule has 0 spiro atoms. The lowest BCUT2D eigenvalue weighted by Crippen LogP contribution is -2.44. The first-order chi connectivity index (χ1) is 12.2. The van der Waals surface area contributed by atoms with Crippen LogP contribution in [-0.2, 0) is 16.1 Å². The molecule has 2 aromatic rings. The van der Waals surface area contributed by atoms with E-state index in [1.807, 2.05) is 31.2 Å². The minimum absolute atomic E-state index is 0.351. The second-order valence-corrected chi connectivity index (χ2v) is 7.01. The second-order valence-electron chi connectivity index (χ2n) is 6.60. The molecule has 0 aromatic heterocycles. The Labute approximate surface area is 158 Å². The third kappa shape index (κ3) is 4.76. The number of hydrogen-bond acceptors (Lipinski definition) is 3. The molecule has 0 saturated carbocycles. The van der Waals surface area contributed by atoms with Crippen molar-refractivity contribution in [3.63, 3.8) is 0 Å². The summed E-state index contributed by atoms with van der Waals surface area (Å²) in [5, 5.41) is 5.92. The standard InChI is InChI=1S/C20H23ClN2O3/c1-13-6-5-7-14(10-13)12-22-18(24)20(2,3)19(25)23-15-8-9-17(26-4)16(21)11-15/h5-11H,12H2,1-4H3,(H,22,24)(H,23,25). The maximum absolute atomic E-state index is 12.6. The van der Waals surface area contributed by atoms with Crippen molar-refractivity contribution in [1.82, 2.24) is 5.32 Å². The number of halogens is 1. The van der Waals surface area contributed by atoms with Gasteiger partial charge < -0.3 is 15.4 Å². The number of carbonyl (C=O) groups is 2. The molecule has 2 N–H and O–H groups in total. The number of anilines is 1. The zero-order valence-electron chi connectivity index (χ0n) is 15.4. The van der Waals surface area contributed by atoms with Gasteiger partial charge in [0.15, 0.2) is 0 Å².